The highest BCUT2D eigenvalue weighted by molar-refractivity contribution is 6.31. The fourth-order valence-corrected chi connectivity index (χ4v) is 2.44. The maximum absolute atomic E-state index is 11.3. The molecule has 1 N–H and O–H groups in total. The summed E-state index contributed by atoms with van der Waals surface area (Å²) in [4.78, 5) is 4.04. The first-order valence-corrected chi connectivity index (χ1v) is 7.06. The third kappa shape index (κ3) is 2.74. The van der Waals surface area contributed by atoms with E-state index in [4.69, 9.17) is 11.6 Å². The zero-order valence-electron chi connectivity index (χ0n) is 12.4. The molecular formula is C16H21ClN2O. The van der Waals surface area contributed by atoms with Gasteiger partial charge in [-0.05, 0) is 29.5 Å². The normalized spacial score (nSPS) is 15.1. The van der Waals surface area contributed by atoms with E-state index in [-0.39, 0.29) is 5.41 Å². The summed E-state index contributed by atoms with van der Waals surface area (Å²) in [7, 11) is 0. The van der Waals surface area contributed by atoms with E-state index in [1.165, 1.54) is 0 Å². The second kappa shape index (κ2) is 5.23. The maximum atomic E-state index is 11.3. The lowest BCUT2D eigenvalue weighted by atomic mass is 9.72. The number of hydrogen-bond donors (Lipinski definition) is 1. The van der Waals surface area contributed by atoms with Gasteiger partial charge in [-0.2, -0.15) is 0 Å². The molecule has 20 heavy (non-hydrogen) atoms. The van der Waals surface area contributed by atoms with Crippen molar-refractivity contribution in [3.05, 3.63) is 53.1 Å². The molecule has 2 aromatic rings. The lowest BCUT2D eigenvalue weighted by Crippen LogP contribution is -2.43. The number of aryl methyl sites for hydroxylation is 1. The van der Waals surface area contributed by atoms with Crippen LogP contribution in [0.15, 0.2) is 36.9 Å². The van der Waals surface area contributed by atoms with Crippen LogP contribution in [-0.2, 0) is 12.1 Å². The van der Waals surface area contributed by atoms with Crippen LogP contribution in [0.5, 0.6) is 0 Å². The number of rotatable bonds is 3. The fraction of sp³-hybridized carbons (Fsp3) is 0.438. The Labute approximate surface area is 125 Å². The van der Waals surface area contributed by atoms with Gasteiger partial charge in [0.05, 0.1) is 12.9 Å². The zero-order chi connectivity index (χ0) is 15.0. The third-order valence-corrected chi connectivity index (χ3v) is 4.27. The van der Waals surface area contributed by atoms with Gasteiger partial charge in [0.15, 0.2) is 0 Å². The minimum absolute atomic E-state index is 0.337. The zero-order valence-corrected chi connectivity index (χ0v) is 13.1. The van der Waals surface area contributed by atoms with Gasteiger partial charge < -0.3 is 9.67 Å². The summed E-state index contributed by atoms with van der Waals surface area (Å²) >= 11 is 6.22. The lowest BCUT2D eigenvalue weighted by Gasteiger charge is -2.41. The number of aromatic nitrogens is 2. The van der Waals surface area contributed by atoms with Crippen LogP contribution in [0.2, 0.25) is 5.02 Å². The van der Waals surface area contributed by atoms with Crippen molar-refractivity contribution in [2.45, 2.75) is 39.8 Å². The number of benzene rings is 1. The molecule has 1 atom stereocenters. The van der Waals surface area contributed by atoms with Crippen molar-refractivity contribution in [1.82, 2.24) is 9.55 Å². The Bertz CT molecular complexity index is 587. The largest absolute Gasteiger partial charge is 0.383 e. The molecule has 0 aliphatic carbocycles. The Morgan fingerprint density at radius 2 is 2.00 bits per heavy atom. The van der Waals surface area contributed by atoms with Gasteiger partial charge >= 0.3 is 0 Å². The Balaban J connectivity index is 2.49. The molecule has 1 aromatic carbocycles. The second-order valence-electron chi connectivity index (χ2n) is 6.31. The predicted octanol–water partition coefficient (Wildman–Crippen LogP) is 3.78. The molecular weight excluding hydrogens is 272 g/mol. The molecule has 1 heterocycles. The first-order chi connectivity index (χ1) is 9.24. The number of imidazole rings is 1. The molecule has 3 nitrogen and oxygen atoms in total. The fourth-order valence-electron chi connectivity index (χ4n) is 2.26. The number of aliphatic hydroxyl groups is 1. The molecule has 0 saturated carbocycles. The number of nitrogens with zero attached hydrogens (tertiary/aromatic N) is 2. The Kier molecular flexibility index (Phi) is 3.94. The van der Waals surface area contributed by atoms with Gasteiger partial charge in [-0.25, -0.2) is 4.98 Å². The van der Waals surface area contributed by atoms with Crippen molar-refractivity contribution >= 4 is 11.6 Å². The van der Waals surface area contributed by atoms with Crippen molar-refractivity contribution in [2.75, 3.05) is 0 Å². The molecule has 4 heteroatoms. The van der Waals surface area contributed by atoms with Crippen LogP contribution < -0.4 is 0 Å². The van der Waals surface area contributed by atoms with Gasteiger partial charge in [0.2, 0.25) is 0 Å². The highest BCUT2D eigenvalue weighted by atomic mass is 35.5. The summed E-state index contributed by atoms with van der Waals surface area (Å²) in [6.45, 7) is 8.47. The van der Waals surface area contributed by atoms with Crippen LogP contribution in [0.1, 0.15) is 31.9 Å². The van der Waals surface area contributed by atoms with Gasteiger partial charge in [0.1, 0.15) is 5.60 Å². The molecule has 108 valence electrons. The molecule has 0 spiro atoms. The average molecular weight is 293 g/mol. The lowest BCUT2D eigenvalue weighted by molar-refractivity contribution is -0.0781. The van der Waals surface area contributed by atoms with Gasteiger partial charge in [0, 0.05) is 17.4 Å². The van der Waals surface area contributed by atoms with E-state index in [0.717, 1.165) is 11.1 Å². The predicted molar refractivity (Wildman–Crippen MR) is 81.8 cm³/mol. The standard InChI is InChI=1S/C16H21ClN2O/c1-12-5-6-13(9-14(12)17)16(20,15(2,3)4)10-19-8-7-18-11-19/h5-9,11,20H,10H2,1-4H3. The van der Waals surface area contributed by atoms with E-state index in [1.54, 1.807) is 12.5 Å². The molecule has 0 saturated heterocycles. The van der Waals surface area contributed by atoms with Crippen molar-refractivity contribution in [2.24, 2.45) is 5.41 Å². The SMILES string of the molecule is Cc1ccc(C(O)(Cn2ccnc2)C(C)(C)C)cc1Cl. The van der Waals surface area contributed by atoms with Crippen LogP contribution in [0.25, 0.3) is 0 Å². The number of halogens is 1. The van der Waals surface area contributed by atoms with Crippen LogP contribution in [0.3, 0.4) is 0 Å². The van der Waals surface area contributed by atoms with Crippen LogP contribution in [0.4, 0.5) is 0 Å². The minimum Gasteiger partial charge on any atom is -0.383 e. The molecule has 0 radical (unpaired) electrons. The Hall–Kier alpha value is -1.32. The van der Waals surface area contributed by atoms with E-state index in [9.17, 15) is 5.11 Å². The van der Waals surface area contributed by atoms with E-state index in [2.05, 4.69) is 4.98 Å². The van der Waals surface area contributed by atoms with Gasteiger partial charge in [-0.15, -0.1) is 0 Å². The average Bonchev–Trinajstić information content (AvgIpc) is 2.83. The van der Waals surface area contributed by atoms with E-state index >= 15 is 0 Å². The summed E-state index contributed by atoms with van der Waals surface area (Å²) < 4.78 is 1.89. The molecule has 0 bridgehead atoms. The minimum atomic E-state index is -1.02. The van der Waals surface area contributed by atoms with Crippen molar-refractivity contribution < 1.29 is 5.11 Å². The Morgan fingerprint density at radius 1 is 1.30 bits per heavy atom. The maximum Gasteiger partial charge on any atom is 0.112 e. The summed E-state index contributed by atoms with van der Waals surface area (Å²) in [6.07, 6.45) is 5.28. The molecule has 0 fully saturated rings. The summed E-state index contributed by atoms with van der Waals surface area (Å²) in [5, 5.41) is 12.0. The third-order valence-electron chi connectivity index (χ3n) is 3.86. The number of hydrogen-bond acceptors (Lipinski definition) is 2. The summed E-state index contributed by atoms with van der Waals surface area (Å²) in [6, 6.07) is 5.75. The highest BCUT2D eigenvalue weighted by Crippen LogP contribution is 2.41. The topological polar surface area (TPSA) is 38.0 Å². The molecule has 0 amide bonds. The molecule has 2 rings (SSSR count). The van der Waals surface area contributed by atoms with Gasteiger partial charge in [-0.1, -0.05) is 44.5 Å². The highest BCUT2D eigenvalue weighted by Gasteiger charge is 2.42. The van der Waals surface area contributed by atoms with Crippen LogP contribution in [0, 0.1) is 12.3 Å². The molecule has 1 unspecified atom stereocenters. The van der Waals surface area contributed by atoms with E-state index in [1.807, 2.05) is 56.7 Å². The first-order valence-electron chi connectivity index (χ1n) is 6.69. The molecule has 0 aliphatic rings. The summed E-state index contributed by atoms with van der Waals surface area (Å²) in [5.74, 6) is 0. The van der Waals surface area contributed by atoms with Crippen molar-refractivity contribution in [1.29, 1.82) is 0 Å². The quantitative estimate of drug-likeness (QED) is 0.935. The van der Waals surface area contributed by atoms with E-state index < -0.39 is 5.60 Å². The van der Waals surface area contributed by atoms with E-state index in [0.29, 0.717) is 11.6 Å². The van der Waals surface area contributed by atoms with Crippen LogP contribution >= 0.6 is 11.6 Å². The monoisotopic (exact) mass is 292 g/mol. The van der Waals surface area contributed by atoms with Crippen molar-refractivity contribution in [3.8, 4) is 0 Å². The van der Waals surface area contributed by atoms with Crippen LogP contribution in [-0.4, -0.2) is 14.7 Å². The smallest absolute Gasteiger partial charge is 0.112 e. The van der Waals surface area contributed by atoms with Gasteiger partial charge in [-0.3, -0.25) is 0 Å². The molecule has 1 aromatic heterocycles. The Morgan fingerprint density at radius 3 is 2.50 bits per heavy atom. The van der Waals surface area contributed by atoms with Gasteiger partial charge in [0.25, 0.3) is 0 Å². The second-order valence-corrected chi connectivity index (χ2v) is 6.72. The van der Waals surface area contributed by atoms with Crippen molar-refractivity contribution in [3.63, 3.8) is 0 Å². The summed E-state index contributed by atoms with van der Waals surface area (Å²) in [5.41, 5.74) is 0.476. The first kappa shape index (κ1) is 15.1. The molecule has 0 aliphatic heterocycles.